The van der Waals surface area contributed by atoms with Gasteiger partial charge in [0.05, 0.1) is 12.1 Å². The minimum Gasteiger partial charge on any atom is -0.388 e. The van der Waals surface area contributed by atoms with Crippen LogP contribution in [0, 0.1) is 5.92 Å². The van der Waals surface area contributed by atoms with Gasteiger partial charge in [0, 0.05) is 20.5 Å². The zero-order chi connectivity index (χ0) is 13.8. The zero-order valence-electron chi connectivity index (χ0n) is 11.5. The highest BCUT2D eigenvalue weighted by atomic mass is 16.3. The Balaban J connectivity index is 2.35. The predicted octanol–water partition coefficient (Wildman–Crippen LogP) is 0.522. The van der Waals surface area contributed by atoms with Gasteiger partial charge in [0.1, 0.15) is 0 Å². The molecule has 1 fully saturated rings. The Labute approximate surface area is 109 Å². The van der Waals surface area contributed by atoms with Crippen LogP contribution in [0.5, 0.6) is 0 Å². The normalized spacial score (nSPS) is 27.7. The first-order valence-electron chi connectivity index (χ1n) is 6.53. The SMILES string of the molecule is CC(=O)N(C)CC(=O)NCC1(O)CCCC(C)C1. The second-order valence-corrected chi connectivity index (χ2v) is 5.58. The molecule has 2 atom stereocenters. The van der Waals surface area contributed by atoms with Crippen molar-refractivity contribution >= 4 is 11.8 Å². The number of carbonyl (C=O) groups excluding carboxylic acids is 2. The molecule has 0 aromatic rings. The topological polar surface area (TPSA) is 69.6 Å². The fourth-order valence-corrected chi connectivity index (χ4v) is 2.44. The summed E-state index contributed by atoms with van der Waals surface area (Å²) < 4.78 is 0. The first-order chi connectivity index (χ1) is 8.32. The Hall–Kier alpha value is -1.10. The van der Waals surface area contributed by atoms with Crippen molar-refractivity contribution in [1.29, 1.82) is 0 Å². The molecule has 0 radical (unpaired) electrons. The number of hydrogen-bond acceptors (Lipinski definition) is 3. The average Bonchev–Trinajstić information content (AvgIpc) is 2.26. The fraction of sp³-hybridized carbons (Fsp3) is 0.846. The third-order valence-corrected chi connectivity index (χ3v) is 3.60. The second-order valence-electron chi connectivity index (χ2n) is 5.58. The minimum absolute atomic E-state index is 0.0426. The molecule has 0 heterocycles. The molecule has 1 aliphatic rings. The maximum Gasteiger partial charge on any atom is 0.239 e. The number of nitrogens with one attached hydrogen (secondary N) is 1. The molecule has 1 rings (SSSR count). The van der Waals surface area contributed by atoms with Crippen molar-refractivity contribution in [2.75, 3.05) is 20.1 Å². The van der Waals surface area contributed by atoms with E-state index in [0.29, 0.717) is 5.92 Å². The number of likely N-dealkylation sites (N-methyl/N-ethyl adjacent to an activating group) is 1. The second kappa shape index (κ2) is 6.18. The lowest BCUT2D eigenvalue weighted by molar-refractivity contribution is -0.133. The van der Waals surface area contributed by atoms with Crippen LogP contribution in [0.25, 0.3) is 0 Å². The molecular weight excluding hydrogens is 232 g/mol. The van der Waals surface area contributed by atoms with Crippen LogP contribution in [0.2, 0.25) is 0 Å². The van der Waals surface area contributed by atoms with Gasteiger partial charge in [-0.2, -0.15) is 0 Å². The standard InChI is InChI=1S/C13H24N2O3/c1-10-5-4-6-13(18,7-10)9-14-12(17)8-15(3)11(2)16/h10,18H,4-9H2,1-3H3,(H,14,17). The van der Waals surface area contributed by atoms with Gasteiger partial charge in [0.25, 0.3) is 0 Å². The van der Waals surface area contributed by atoms with Crippen LogP contribution in [0.1, 0.15) is 39.5 Å². The van der Waals surface area contributed by atoms with Crippen molar-refractivity contribution in [3.63, 3.8) is 0 Å². The number of hydrogen-bond donors (Lipinski definition) is 2. The summed E-state index contributed by atoms with van der Waals surface area (Å²) in [7, 11) is 1.58. The van der Waals surface area contributed by atoms with Gasteiger partial charge in [-0.15, -0.1) is 0 Å². The van der Waals surface area contributed by atoms with Crippen LogP contribution in [0.4, 0.5) is 0 Å². The molecule has 2 N–H and O–H groups in total. The monoisotopic (exact) mass is 256 g/mol. The van der Waals surface area contributed by atoms with Crippen molar-refractivity contribution in [3.8, 4) is 0 Å². The number of amides is 2. The highest BCUT2D eigenvalue weighted by Crippen LogP contribution is 2.31. The van der Waals surface area contributed by atoms with Crippen LogP contribution in [-0.2, 0) is 9.59 Å². The third kappa shape index (κ3) is 4.64. The van der Waals surface area contributed by atoms with E-state index >= 15 is 0 Å². The van der Waals surface area contributed by atoms with Crippen LogP contribution >= 0.6 is 0 Å². The van der Waals surface area contributed by atoms with E-state index in [9.17, 15) is 14.7 Å². The van der Waals surface area contributed by atoms with Crippen molar-refractivity contribution in [3.05, 3.63) is 0 Å². The van der Waals surface area contributed by atoms with Crippen molar-refractivity contribution in [2.24, 2.45) is 5.92 Å². The van der Waals surface area contributed by atoms with Gasteiger partial charge in [-0.25, -0.2) is 0 Å². The molecule has 104 valence electrons. The summed E-state index contributed by atoms with van der Waals surface area (Å²) in [5.74, 6) is 0.134. The van der Waals surface area contributed by atoms with Gasteiger partial charge in [0.15, 0.2) is 0 Å². The number of nitrogens with zero attached hydrogens (tertiary/aromatic N) is 1. The fourth-order valence-electron chi connectivity index (χ4n) is 2.44. The lowest BCUT2D eigenvalue weighted by atomic mass is 9.79. The summed E-state index contributed by atoms with van der Waals surface area (Å²) >= 11 is 0. The molecule has 0 saturated heterocycles. The van der Waals surface area contributed by atoms with E-state index in [1.807, 2.05) is 0 Å². The zero-order valence-corrected chi connectivity index (χ0v) is 11.5. The first kappa shape index (κ1) is 15.0. The molecule has 1 saturated carbocycles. The van der Waals surface area contributed by atoms with Crippen LogP contribution in [0.3, 0.4) is 0 Å². The molecule has 2 amide bonds. The van der Waals surface area contributed by atoms with E-state index in [-0.39, 0.29) is 24.9 Å². The van der Waals surface area contributed by atoms with E-state index in [1.54, 1.807) is 7.05 Å². The molecule has 5 nitrogen and oxygen atoms in total. The Morgan fingerprint density at radius 1 is 1.50 bits per heavy atom. The molecule has 0 aromatic heterocycles. The summed E-state index contributed by atoms with van der Waals surface area (Å²) in [6.07, 6.45) is 3.61. The van der Waals surface area contributed by atoms with Crippen molar-refractivity contribution < 1.29 is 14.7 Å². The predicted molar refractivity (Wildman–Crippen MR) is 68.9 cm³/mol. The van der Waals surface area contributed by atoms with E-state index in [0.717, 1.165) is 25.7 Å². The molecule has 0 bridgehead atoms. The number of carbonyl (C=O) groups is 2. The van der Waals surface area contributed by atoms with Gasteiger partial charge in [-0.1, -0.05) is 19.8 Å². The third-order valence-electron chi connectivity index (χ3n) is 3.60. The maximum absolute atomic E-state index is 11.6. The molecule has 0 aromatic carbocycles. The van der Waals surface area contributed by atoms with Gasteiger partial charge in [-0.05, 0) is 18.8 Å². The molecule has 5 heteroatoms. The van der Waals surface area contributed by atoms with Crippen LogP contribution in [-0.4, -0.2) is 47.6 Å². The Kier molecular flexibility index (Phi) is 5.14. The molecule has 18 heavy (non-hydrogen) atoms. The van der Waals surface area contributed by atoms with E-state index < -0.39 is 5.60 Å². The van der Waals surface area contributed by atoms with E-state index in [2.05, 4.69) is 12.2 Å². The highest BCUT2D eigenvalue weighted by molar-refractivity contribution is 5.83. The van der Waals surface area contributed by atoms with Gasteiger partial charge in [0.2, 0.25) is 11.8 Å². The lowest BCUT2D eigenvalue weighted by Gasteiger charge is -2.35. The summed E-state index contributed by atoms with van der Waals surface area (Å²) in [6, 6.07) is 0. The molecule has 0 aliphatic heterocycles. The van der Waals surface area contributed by atoms with E-state index in [1.165, 1.54) is 11.8 Å². The van der Waals surface area contributed by atoms with Crippen molar-refractivity contribution in [2.45, 2.75) is 45.1 Å². The van der Waals surface area contributed by atoms with Crippen LogP contribution in [0.15, 0.2) is 0 Å². The summed E-state index contributed by atoms with van der Waals surface area (Å²) in [6.45, 7) is 3.86. The molecule has 1 aliphatic carbocycles. The lowest BCUT2D eigenvalue weighted by Crippen LogP contribution is -2.48. The average molecular weight is 256 g/mol. The first-order valence-corrected chi connectivity index (χ1v) is 6.53. The smallest absolute Gasteiger partial charge is 0.239 e. The number of rotatable bonds is 4. The molecule has 0 spiro atoms. The van der Waals surface area contributed by atoms with E-state index in [4.69, 9.17) is 0 Å². The highest BCUT2D eigenvalue weighted by Gasteiger charge is 2.32. The van der Waals surface area contributed by atoms with Crippen LogP contribution < -0.4 is 5.32 Å². The Morgan fingerprint density at radius 3 is 2.72 bits per heavy atom. The van der Waals surface area contributed by atoms with Gasteiger partial charge < -0.3 is 15.3 Å². The van der Waals surface area contributed by atoms with Crippen molar-refractivity contribution in [1.82, 2.24) is 10.2 Å². The largest absolute Gasteiger partial charge is 0.388 e. The number of aliphatic hydroxyl groups is 1. The summed E-state index contributed by atoms with van der Waals surface area (Å²) in [4.78, 5) is 23.9. The van der Waals surface area contributed by atoms with Gasteiger partial charge >= 0.3 is 0 Å². The summed E-state index contributed by atoms with van der Waals surface area (Å²) in [5.41, 5.74) is -0.776. The maximum atomic E-state index is 11.6. The quantitative estimate of drug-likeness (QED) is 0.770. The van der Waals surface area contributed by atoms with Gasteiger partial charge in [-0.3, -0.25) is 9.59 Å². The summed E-state index contributed by atoms with van der Waals surface area (Å²) in [5, 5.41) is 13.1. The Morgan fingerprint density at radius 2 is 2.17 bits per heavy atom. The molecular formula is C13H24N2O3. The molecule has 2 unspecified atom stereocenters. The Bertz CT molecular complexity index is 319. The minimum atomic E-state index is -0.776.